The van der Waals surface area contributed by atoms with Crippen LogP contribution in [-0.4, -0.2) is 29.0 Å². The van der Waals surface area contributed by atoms with Gasteiger partial charge in [-0.05, 0) is 31.8 Å². The van der Waals surface area contributed by atoms with E-state index in [4.69, 9.17) is 9.84 Å². The Morgan fingerprint density at radius 3 is 2.00 bits per heavy atom. The van der Waals surface area contributed by atoms with Crippen molar-refractivity contribution in [1.29, 1.82) is 0 Å². The van der Waals surface area contributed by atoms with Gasteiger partial charge in [0.05, 0.1) is 12.9 Å². The Hall–Kier alpha value is 0.460. The Morgan fingerprint density at radius 1 is 1.25 bits per heavy atom. The van der Waals surface area contributed by atoms with Crippen LogP contribution in [0.3, 0.4) is 0 Å². The minimum Gasteiger partial charge on any atom is -0.502 e. The van der Waals surface area contributed by atoms with E-state index in [9.17, 15) is 0 Å². The predicted octanol–water partition coefficient (Wildman–Crippen LogP) is 4.26. The molecule has 1 rings (SSSR count). The zero-order chi connectivity index (χ0) is 12.5. The molecule has 1 heterocycles. The third kappa shape index (κ3) is 23.9. The number of ether oxygens (including phenoxy) is 1. The molecule has 0 bridgehead atoms. The normalized spacial score (nSPS) is 12.8. The monoisotopic (exact) mass is 358 g/mol. The lowest BCUT2D eigenvalue weighted by Crippen LogP contribution is -1.90. The minimum atomic E-state index is 0.297. The predicted molar refractivity (Wildman–Crippen MR) is 78.5 cm³/mol. The van der Waals surface area contributed by atoms with Gasteiger partial charge in [0.15, 0.2) is 0 Å². The quantitative estimate of drug-likeness (QED) is 0.760. The standard InChI is InChI=1S/C5H8O.C4H9Br.C3H7BrO/c1-2-4-6-5-3-1;1-2-3-4-5;4-2-1-3-5/h2,4H,1,3,5H2;2-4H2,1H3;5H,1-3H2. The number of rotatable bonds is 4. The van der Waals surface area contributed by atoms with E-state index in [0.717, 1.165) is 23.7 Å². The van der Waals surface area contributed by atoms with Crippen LogP contribution >= 0.6 is 31.9 Å². The first-order chi connectivity index (χ1) is 7.83. The zero-order valence-electron chi connectivity index (χ0n) is 10.1. The van der Waals surface area contributed by atoms with Crippen molar-refractivity contribution in [2.45, 2.75) is 39.0 Å². The van der Waals surface area contributed by atoms with E-state index < -0.39 is 0 Å². The molecule has 0 atom stereocenters. The van der Waals surface area contributed by atoms with Gasteiger partial charge in [-0.3, -0.25) is 0 Å². The molecule has 98 valence electrons. The Balaban J connectivity index is 0. The highest BCUT2D eigenvalue weighted by atomic mass is 79.9. The fourth-order valence-corrected chi connectivity index (χ4v) is 1.49. The SMILES string of the molecule is C1=COCCC1.CCCCBr.OCCCBr. The highest BCUT2D eigenvalue weighted by molar-refractivity contribution is 9.09. The van der Waals surface area contributed by atoms with Crippen LogP contribution in [0.5, 0.6) is 0 Å². The van der Waals surface area contributed by atoms with Crippen LogP contribution in [0, 0.1) is 0 Å². The number of alkyl halides is 2. The average molecular weight is 360 g/mol. The van der Waals surface area contributed by atoms with E-state index in [1.54, 1.807) is 6.26 Å². The lowest BCUT2D eigenvalue weighted by Gasteiger charge is -2.01. The summed E-state index contributed by atoms with van der Waals surface area (Å²) in [6, 6.07) is 0. The third-order valence-electron chi connectivity index (χ3n) is 1.60. The van der Waals surface area contributed by atoms with Gasteiger partial charge in [0.2, 0.25) is 0 Å². The zero-order valence-corrected chi connectivity index (χ0v) is 13.3. The van der Waals surface area contributed by atoms with E-state index in [2.05, 4.69) is 38.8 Å². The first-order valence-electron chi connectivity index (χ1n) is 5.82. The number of allylic oxidation sites excluding steroid dienone is 1. The second-order valence-electron chi connectivity index (χ2n) is 3.19. The van der Waals surface area contributed by atoms with E-state index in [1.165, 1.54) is 25.7 Å². The van der Waals surface area contributed by atoms with Crippen LogP contribution in [0.2, 0.25) is 0 Å². The van der Waals surface area contributed by atoms with Crippen molar-refractivity contribution in [1.82, 2.24) is 0 Å². The summed E-state index contributed by atoms with van der Waals surface area (Å²) in [5, 5.41) is 10.1. The van der Waals surface area contributed by atoms with Crippen molar-refractivity contribution >= 4 is 31.9 Å². The number of aliphatic hydroxyl groups excluding tert-OH is 1. The number of unbranched alkanes of at least 4 members (excludes halogenated alkanes) is 1. The Morgan fingerprint density at radius 2 is 1.94 bits per heavy atom. The summed E-state index contributed by atoms with van der Waals surface area (Å²) in [5.41, 5.74) is 0. The van der Waals surface area contributed by atoms with Crippen molar-refractivity contribution < 1.29 is 9.84 Å². The topological polar surface area (TPSA) is 29.5 Å². The van der Waals surface area contributed by atoms with E-state index in [-0.39, 0.29) is 0 Å². The minimum absolute atomic E-state index is 0.297. The summed E-state index contributed by atoms with van der Waals surface area (Å²) in [6.07, 6.45) is 9.66. The van der Waals surface area contributed by atoms with Crippen LogP contribution in [-0.2, 0) is 4.74 Å². The number of halogens is 2. The van der Waals surface area contributed by atoms with Crippen molar-refractivity contribution in [2.75, 3.05) is 23.9 Å². The van der Waals surface area contributed by atoms with Gasteiger partial charge in [0, 0.05) is 17.3 Å². The van der Waals surface area contributed by atoms with Gasteiger partial charge in [-0.25, -0.2) is 0 Å². The molecule has 0 amide bonds. The largest absolute Gasteiger partial charge is 0.502 e. The highest BCUT2D eigenvalue weighted by Crippen LogP contribution is 1.97. The molecule has 1 aliphatic rings. The maximum Gasteiger partial charge on any atom is 0.0876 e. The first-order valence-corrected chi connectivity index (χ1v) is 8.07. The Bertz CT molecular complexity index is 112. The van der Waals surface area contributed by atoms with Gasteiger partial charge in [-0.1, -0.05) is 45.2 Å². The molecule has 1 aliphatic heterocycles. The van der Waals surface area contributed by atoms with Gasteiger partial charge in [-0.15, -0.1) is 0 Å². The van der Waals surface area contributed by atoms with Crippen LogP contribution < -0.4 is 0 Å². The average Bonchev–Trinajstić information content (AvgIpc) is 2.35. The summed E-state index contributed by atoms with van der Waals surface area (Å²) in [7, 11) is 0. The lowest BCUT2D eigenvalue weighted by atomic mass is 10.3. The number of hydrogen-bond donors (Lipinski definition) is 1. The van der Waals surface area contributed by atoms with E-state index in [0.29, 0.717) is 6.61 Å². The fraction of sp³-hybridized carbons (Fsp3) is 0.833. The van der Waals surface area contributed by atoms with Gasteiger partial charge < -0.3 is 9.84 Å². The lowest BCUT2D eigenvalue weighted by molar-refractivity contribution is 0.231. The summed E-state index contributed by atoms with van der Waals surface area (Å²) >= 11 is 6.46. The van der Waals surface area contributed by atoms with Gasteiger partial charge in [-0.2, -0.15) is 0 Å². The number of hydrogen-bond acceptors (Lipinski definition) is 2. The molecule has 0 fully saturated rings. The van der Waals surface area contributed by atoms with Crippen LogP contribution in [0.25, 0.3) is 0 Å². The molecule has 0 aromatic carbocycles. The molecule has 2 nitrogen and oxygen atoms in total. The second kappa shape index (κ2) is 20.8. The third-order valence-corrected chi connectivity index (χ3v) is 2.73. The molecular weight excluding hydrogens is 336 g/mol. The second-order valence-corrected chi connectivity index (χ2v) is 4.78. The van der Waals surface area contributed by atoms with Crippen molar-refractivity contribution in [2.24, 2.45) is 0 Å². The molecule has 0 saturated carbocycles. The van der Waals surface area contributed by atoms with Gasteiger partial charge in [0.1, 0.15) is 0 Å². The Labute approximate surface area is 117 Å². The van der Waals surface area contributed by atoms with Gasteiger partial charge in [0.25, 0.3) is 0 Å². The maximum absolute atomic E-state index is 8.04. The Kier molecular flexibility index (Phi) is 24.5. The van der Waals surface area contributed by atoms with Crippen molar-refractivity contribution in [3.63, 3.8) is 0 Å². The molecule has 4 heteroatoms. The summed E-state index contributed by atoms with van der Waals surface area (Å²) in [5.74, 6) is 0. The molecule has 0 aromatic heterocycles. The first kappa shape index (κ1) is 18.8. The molecule has 0 unspecified atom stereocenters. The molecule has 1 N–H and O–H groups in total. The maximum atomic E-state index is 8.04. The molecule has 0 aromatic rings. The molecule has 0 saturated heterocycles. The number of aliphatic hydroxyl groups is 1. The van der Waals surface area contributed by atoms with E-state index in [1.807, 2.05) is 6.08 Å². The summed E-state index contributed by atoms with van der Waals surface area (Å²) in [6.45, 7) is 3.39. The van der Waals surface area contributed by atoms with E-state index >= 15 is 0 Å². The fourth-order valence-electron chi connectivity index (χ4n) is 0.682. The molecule has 0 aliphatic carbocycles. The molecule has 16 heavy (non-hydrogen) atoms. The highest BCUT2D eigenvalue weighted by Gasteiger charge is 1.86. The van der Waals surface area contributed by atoms with Crippen LogP contribution in [0.4, 0.5) is 0 Å². The summed E-state index contributed by atoms with van der Waals surface area (Å²) < 4.78 is 4.89. The molecular formula is C12H24Br2O2. The van der Waals surface area contributed by atoms with Crippen LogP contribution in [0.15, 0.2) is 12.3 Å². The van der Waals surface area contributed by atoms with Crippen molar-refractivity contribution in [3.05, 3.63) is 12.3 Å². The molecule has 0 radical (unpaired) electrons. The molecule has 0 spiro atoms. The smallest absolute Gasteiger partial charge is 0.0876 e. The summed E-state index contributed by atoms with van der Waals surface area (Å²) in [4.78, 5) is 0. The van der Waals surface area contributed by atoms with Gasteiger partial charge >= 0.3 is 0 Å². The van der Waals surface area contributed by atoms with Crippen molar-refractivity contribution in [3.8, 4) is 0 Å². The van der Waals surface area contributed by atoms with Crippen LogP contribution in [0.1, 0.15) is 39.0 Å².